The zero-order valence-corrected chi connectivity index (χ0v) is 36.5. The second-order valence-electron chi connectivity index (χ2n) is 15.7. The number of nitrogens with one attached hydrogen (secondary N) is 4. The number of aliphatic hydroxyl groups excluding tert-OH is 1. The first-order chi connectivity index (χ1) is 28.6. The molecule has 60 heavy (non-hydrogen) atoms. The van der Waals surface area contributed by atoms with E-state index < -0.39 is 72.4 Å². The Hall–Kier alpha value is -4.29. The highest BCUT2D eigenvalue weighted by atomic mass is 16.5. The summed E-state index contributed by atoms with van der Waals surface area (Å²) in [4.78, 5) is 84.9. The van der Waals surface area contributed by atoms with E-state index in [1.807, 2.05) is 51.1 Å². The monoisotopic (exact) mass is 847 g/mol. The summed E-state index contributed by atoms with van der Waals surface area (Å²) in [5.74, 6) is -5.41. The lowest BCUT2D eigenvalue weighted by Gasteiger charge is -2.27. The number of guanidine groups is 1. The highest BCUT2D eigenvalue weighted by Gasteiger charge is 2.34. The van der Waals surface area contributed by atoms with E-state index in [1.165, 1.54) is 0 Å². The fourth-order valence-electron chi connectivity index (χ4n) is 6.41. The van der Waals surface area contributed by atoms with Gasteiger partial charge in [-0.25, -0.2) is 0 Å². The molecule has 1 rings (SSSR count). The summed E-state index contributed by atoms with van der Waals surface area (Å²) < 4.78 is 11.0. The van der Waals surface area contributed by atoms with Crippen molar-refractivity contribution in [1.82, 2.24) is 21.3 Å². The van der Waals surface area contributed by atoms with Crippen LogP contribution in [0.25, 0.3) is 0 Å². The van der Waals surface area contributed by atoms with Crippen LogP contribution in [0.4, 0.5) is 0 Å². The largest absolute Gasteiger partial charge is 0.396 e. The van der Waals surface area contributed by atoms with Crippen LogP contribution in [0.15, 0.2) is 35.3 Å². The number of hydrogen-bond donors (Lipinski definition) is 8. The van der Waals surface area contributed by atoms with Gasteiger partial charge in [0.2, 0.25) is 17.7 Å². The van der Waals surface area contributed by atoms with Crippen LogP contribution in [-0.2, 0) is 44.7 Å². The van der Waals surface area contributed by atoms with Gasteiger partial charge >= 0.3 is 0 Å². The number of aliphatic hydroxyl groups is 1. The number of carbonyl (C=O) groups excluding carboxylic acids is 6. The fourth-order valence-corrected chi connectivity index (χ4v) is 6.41. The number of nitrogens with two attached hydrogens (primary N) is 3. The topological polar surface area (TPSA) is 280 Å². The van der Waals surface area contributed by atoms with Crippen molar-refractivity contribution in [3.63, 3.8) is 0 Å². The highest BCUT2D eigenvalue weighted by molar-refractivity contribution is 5.96. The normalized spacial score (nSPS) is 13.8. The van der Waals surface area contributed by atoms with Crippen LogP contribution in [0.3, 0.4) is 0 Å². The van der Waals surface area contributed by atoms with E-state index in [2.05, 4.69) is 26.3 Å². The maximum atomic E-state index is 14.0. The zero-order chi connectivity index (χ0) is 44.9. The highest BCUT2D eigenvalue weighted by Crippen LogP contribution is 2.19. The Bertz CT molecular complexity index is 1460. The molecule has 0 aliphatic rings. The Kier molecular flexibility index (Phi) is 28.3. The molecule has 0 fully saturated rings. The molecule has 0 saturated carbocycles. The number of ether oxygens (including phenoxy) is 2. The minimum Gasteiger partial charge on any atom is -0.396 e. The molecule has 3 amide bonds. The number of unbranched alkanes of at least 4 members (excludes halogenated alkanes) is 1. The van der Waals surface area contributed by atoms with Gasteiger partial charge in [0, 0.05) is 44.3 Å². The Morgan fingerprint density at radius 3 is 2.05 bits per heavy atom. The third kappa shape index (κ3) is 23.5. The molecule has 0 spiro atoms. The fraction of sp³-hybridized carbons (Fsp3) is 0.698. The quantitative estimate of drug-likeness (QED) is 0.0270. The summed E-state index contributed by atoms with van der Waals surface area (Å²) in [6.07, 6.45) is 2.42. The Labute approximate surface area is 356 Å². The predicted octanol–water partition coefficient (Wildman–Crippen LogP) is 1.07. The molecule has 0 radical (unpaired) electrons. The van der Waals surface area contributed by atoms with Crippen LogP contribution in [0, 0.1) is 17.8 Å². The number of carbonyl (C=O) groups is 6. The van der Waals surface area contributed by atoms with Gasteiger partial charge in [0.15, 0.2) is 23.3 Å². The number of aliphatic imine (C=N–C) groups is 1. The molecule has 340 valence electrons. The first kappa shape index (κ1) is 53.7. The number of nitrogens with zero attached hydrogens (tertiary/aromatic N) is 1. The van der Waals surface area contributed by atoms with E-state index in [0.717, 1.165) is 5.56 Å². The second kappa shape index (κ2) is 31.6. The van der Waals surface area contributed by atoms with E-state index in [-0.39, 0.29) is 63.0 Å². The third-order valence-corrected chi connectivity index (χ3v) is 9.73. The molecule has 0 heterocycles. The van der Waals surface area contributed by atoms with Crippen molar-refractivity contribution in [2.24, 2.45) is 39.9 Å². The molecule has 11 N–H and O–H groups in total. The van der Waals surface area contributed by atoms with Gasteiger partial charge in [-0.05, 0) is 63.0 Å². The first-order valence-electron chi connectivity index (χ1n) is 21.4. The minimum absolute atomic E-state index is 0.124. The number of benzene rings is 1. The molecule has 0 aliphatic heterocycles. The van der Waals surface area contributed by atoms with Crippen molar-refractivity contribution in [2.75, 3.05) is 52.7 Å². The molecule has 0 unspecified atom stereocenters. The average molecular weight is 847 g/mol. The molecule has 0 saturated heterocycles. The number of amides is 3. The standard InChI is InChI=1S/C43H74N8O9/c1-6-13-36(53)35(24-31-14-8-7-9-15-31)50-42(58)33(27-52)26-38(55)40(29(2)3)51-41(57)32(16-12-19-48-43(45)46)25-37(54)34(17-10-11-18-44)49-39(56)28-60-23-22-59-21-20-47-30(4)5/h7-9,14-15,29-30,32-35,40,47,52H,6,10-13,16-28,44H2,1-5H3,(H,49,56)(H,50,58)(H,51,57)(H4,45,46,48)/t32-,33+,34+,35+,40+/m1/s1. The van der Waals surface area contributed by atoms with Crippen molar-refractivity contribution in [3.05, 3.63) is 35.9 Å². The van der Waals surface area contributed by atoms with Crippen LogP contribution in [0.1, 0.15) is 98.0 Å². The lowest BCUT2D eigenvalue weighted by Crippen LogP contribution is -2.50. The van der Waals surface area contributed by atoms with Crippen molar-refractivity contribution in [3.8, 4) is 0 Å². The Morgan fingerprint density at radius 2 is 1.43 bits per heavy atom. The summed E-state index contributed by atoms with van der Waals surface area (Å²) >= 11 is 0. The van der Waals surface area contributed by atoms with Gasteiger partial charge in [-0.3, -0.25) is 33.8 Å². The van der Waals surface area contributed by atoms with E-state index >= 15 is 0 Å². The smallest absolute Gasteiger partial charge is 0.246 e. The maximum absolute atomic E-state index is 14.0. The average Bonchev–Trinajstić information content (AvgIpc) is 3.20. The molecule has 0 aromatic heterocycles. The Balaban J connectivity index is 3.10. The molecule has 5 atom stereocenters. The molecular weight excluding hydrogens is 773 g/mol. The van der Waals surface area contributed by atoms with Gasteiger partial charge in [-0.1, -0.05) is 65.0 Å². The number of ketones is 3. The zero-order valence-electron chi connectivity index (χ0n) is 36.5. The molecule has 0 aliphatic carbocycles. The Morgan fingerprint density at radius 1 is 0.767 bits per heavy atom. The van der Waals surface area contributed by atoms with E-state index in [4.69, 9.17) is 26.7 Å². The molecule has 1 aromatic carbocycles. The van der Waals surface area contributed by atoms with E-state index in [1.54, 1.807) is 13.8 Å². The summed E-state index contributed by atoms with van der Waals surface area (Å²) in [5.41, 5.74) is 17.5. The SMILES string of the molecule is CCCC(=O)[C@H](Cc1ccccc1)NC(=O)[C@H](CO)CC(=O)[C@@H](NC(=O)[C@H](CCCN=C(N)N)CC(=O)[C@H](CCCCN)NC(=O)COCCOCCNC(C)C)C(C)C. The van der Waals surface area contributed by atoms with Crippen LogP contribution in [-0.4, -0.2) is 123 Å². The summed E-state index contributed by atoms with van der Waals surface area (Å²) in [7, 11) is 0. The van der Waals surface area contributed by atoms with E-state index in [0.29, 0.717) is 64.4 Å². The van der Waals surface area contributed by atoms with Crippen LogP contribution in [0.2, 0.25) is 0 Å². The van der Waals surface area contributed by atoms with Gasteiger partial charge in [-0.2, -0.15) is 0 Å². The maximum Gasteiger partial charge on any atom is 0.246 e. The van der Waals surface area contributed by atoms with Crippen LogP contribution >= 0.6 is 0 Å². The molecule has 17 nitrogen and oxygen atoms in total. The lowest BCUT2D eigenvalue weighted by molar-refractivity contribution is -0.136. The molecule has 17 heteroatoms. The summed E-state index contributed by atoms with van der Waals surface area (Å²) in [5, 5.41) is 21.8. The van der Waals surface area contributed by atoms with Gasteiger partial charge in [-0.15, -0.1) is 0 Å². The third-order valence-electron chi connectivity index (χ3n) is 9.73. The molecular formula is C43H74N8O9. The minimum atomic E-state index is -1.18. The summed E-state index contributed by atoms with van der Waals surface area (Å²) in [6, 6.07) is 6.74. The number of Topliss-reactive ketones (excluding diaryl/α,β-unsaturated/α-hetero) is 3. The van der Waals surface area contributed by atoms with Crippen molar-refractivity contribution < 1.29 is 43.3 Å². The van der Waals surface area contributed by atoms with Gasteiger partial charge in [0.1, 0.15) is 6.61 Å². The van der Waals surface area contributed by atoms with Crippen molar-refractivity contribution in [1.29, 1.82) is 0 Å². The summed E-state index contributed by atoms with van der Waals surface area (Å²) in [6.45, 7) is 10.7. The van der Waals surface area contributed by atoms with Crippen molar-refractivity contribution in [2.45, 2.75) is 123 Å². The first-order valence-corrected chi connectivity index (χ1v) is 21.4. The van der Waals surface area contributed by atoms with Crippen LogP contribution in [0.5, 0.6) is 0 Å². The van der Waals surface area contributed by atoms with Crippen LogP contribution < -0.4 is 38.5 Å². The van der Waals surface area contributed by atoms with Gasteiger partial charge < -0.3 is 53.0 Å². The lowest BCUT2D eigenvalue weighted by atomic mass is 9.89. The predicted molar refractivity (Wildman–Crippen MR) is 232 cm³/mol. The number of rotatable bonds is 35. The molecule has 0 bridgehead atoms. The second-order valence-corrected chi connectivity index (χ2v) is 15.7. The van der Waals surface area contributed by atoms with Gasteiger partial charge in [0.05, 0.1) is 50.5 Å². The molecule has 1 aromatic rings. The van der Waals surface area contributed by atoms with Crippen molar-refractivity contribution >= 4 is 41.0 Å². The van der Waals surface area contributed by atoms with Gasteiger partial charge in [0.25, 0.3) is 0 Å². The number of hydrogen-bond acceptors (Lipinski definition) is 12. The van der Waals surface area contributed by atoms with E-state index in [9.17, 15) is 33.9 Å².